The van der Waals surface area contributed by atoms with Crippen molar-refractivity contribution in [2.75, 3.05) is 13.1 Å². The molecule has 2 heterocycles. The highest BCUT2D eigenvalue weighted by Gasteiger charge is 2.28. The van der Waals surface area contributed by atoms with Gasteiger partial charge in [0.25, 0.3) is 5.91 Å². The Morgan fingerprint density at radius 1 is 1.56 bits per heavy atom. The first kappa shape index (κ1) is 12.9. The number of carbonyl (C=O) groups excluding carboxylic acids is 1. The Balaban J connectivity index is 2.21. The number of carbonyl (C=O) groups is 1. The van der Waals surface area contributed by atoms with Crippen LogP contribution in [0.1, 0.15) is 23.3 Å². The van der Waals surface area contributed by atoms with Crippen molar-refractivity contribution in [3.05, 3.63) is 27.9 Å². The lowest BCUT2D eigenvalue weighted by Crippen LogP contribution is -2.41. The molecule has 1 atom stereocenters. The monoisotopic (exact) mass is 271 g/mol. The third-order valence-corrected chi connectivity index (χ3v) is 3.51. The molecule has 18 heavy (non-hydrogen) atoms. The van der Waals surface area contributed by atoms with Crippen molar-refractivity contribution in [3.63, 3.8) is 0 Å². The number of alkyl halides is 1. The predicted octanol–water partition coefficient (Wildman–Crippen LogP) is 1.78. The minimum atomic E-state index is -0.503. The molecule has 1 aromatic heterocycles. The van der Waals surface area contributed by atoms with Gasteiger partial charge in [0.2, 0.25) is 0 Å². The number of piperidine rings is 1. The summed E-state index contributed by atoms with van der Waals surface area (Å²) >= 11 is 6.03. The summed E-state index contributed by atoms with van der Waals surface area (Å²) in [5.74, 6) is -0.284. The highest BCUT2D eigenvalue weighted by atomic mass is 35.5. The molecular weight excluding hydrogens is 258 g/mol. The zero-order chi connectivity index (χ0) is 13.3. The zero-order valence-electron chi connectivity index (χ0n) is 10.0. The van der Waals surface area contributed by atoms with Gasteiger partial charge in [-0.05, 0) is 23.8 Å². The van der Waals surface area contributed by atoms with E-state index in [9.17, 15) is 14.9 Å². The van der Waals surface area contributed by atoms with Crippen LogP contribution in [0.4, 0.5) is 5.82 Å². The van der Waals surface area contributed by atoms with Gasteiger partial charge in [0.1, 0.15) is 0 Å². The van der Waals surface area contributed by atoms with Crippen molar-refractivity contribution in [1.29, 1.82) is 0 Å². The predicted molar refractivity (Wildman–Crippen MR) is 66.8 cm³/mol. The summed E-state index contributed by atoms with van der Waals surface area (Å²) < 4.78 is 1.31. The topological polar surface area (TPSA) is 68.4 Å². The van der Waals surface area contributed by atoms with E-state index in [-0.39, 0.29) is 17.1 Å². The number of hydrogen-bond acceptors (Lipinski definition) is 3. The Bertz CT molecular complexity index is 486. The van der Waals surface area contributed by atoms with Gasteiger partial charge in [-0.15, -0.1) is 11.6 Å². The fraction of sp³-hybridized carbons (Fsp3) is 0.545. The van der Waals surface area contributed by atoms with Crippen LogP contribution in [0.15, 0.2) is 12.1 Å². The van der Waals surface area contributed by atoms with E-state index < -0.39 is 4.92 Å². The number of likely N-dealkylation sites (tertiary alicyclic amines) is 1. The molecule has 0 aromatic carbocycles. The maximum absolute atomic E-state index is 12.2. The molecule has 1 unspecified atom stereocenters. The van der Waals surface area contributed by atoms with Crippen molar-refractivity contribution in [2.45, 2.75) is 18.2 Å². The zero-order valence-corrected chi connectivity index (χ0v) is 10.8. The van der Waals surface area contributed by atoms with Crippen molar-refractivity contribution in [3.8, 4) is 0 Å². The second-order valence-corrected chi connectivity index (χ2v) is 5.00. The molecule has 0 bridgehead atoms. The third kappa shape index (κ3) is 2.33. The summed E-state index contributed by atoms with van der Waals surface area (Å²) in [5, 5.41) is 10.7. The molecule has 1 aliphatic rings. The van der Waals surface area contributed by atoms with E-state index in [0.29, 0.717) is 18.8 Å². The molecule has 0 radical (unpaired) electrons. The van der Waals surface area contributed by atoms with Gasteiger partial charge in [0.05, 0.1) is 12.4 Å². The maximum atomic E-state index is 12.2. The van der Waals surface area contributed by atoms with Gasteiger partial charge in [-0.2, -0.15) is 0 Å². The Morgan fingerprint density at radius 2 is 2.28 bits per heavy atom. The van der Waals surface area contributed by atoms with Gasteiger partial charge in [0, 0.05) is 19.2 Å². The van der Waals surface area contributed by atoms with E-state index in [2.05, 4.69) is 0 Å². The lowest BCUT2D eigenvalue weighted by atomic mass is 10.1. The smallest absolute Gasteiger partial charge is 0.323 e. The van der Waals surface area contributed by atoms with E-state index in [1.807, 2.05) is 0 Å². The third-order valence-electron chi connectivity index (χ3n) is 3.15. The van der Waals surface area contributed by atoms with Crippen molar-refractivity contribution in [2.24, 2.45) is 7.05 Å². The largest absolute Gasteiger partial charge is 0.358 e. The molecule has 1 amide bonds. The first-order valence-electron chi connectivity index (χ1n) is 5.74. The second kappa shape index (κ2) is 4.97. The van der Waals surface area contributed by atoms with E-state index in [4.69, 9.17) is 11.6 Å². The molecule has 1 fully saturated rings. The Kier molecular flexibility index (Phi) is 3.56. The number of halogens is 1. The molecule has 0 spiro atoms. The standard InChI is InChI=1S/C11H14ClN3O3/c1-13-9(4-5-10(13)15(17)18)11(16)14-6-2-3-8(12)7-14/h4-5,8H,2-3,6-7H2,1H3. The average molecular weight is 272 g/mol. The Morgan fingerprint density at radius 3 is 2.83 bits per heavy atom. The highest BCUT2D eigenvalue weighted by Crippen LogP contribution is 2.20. The van der Waals surface area contributed by atoms with Crippen molar-refractivity contribution >= 4 is 23.3 Å². The van der Waals surface area contributed by atoms with Crippen LogP contribution in [0.3, 0.4) is 0 Å². The van der Waals surface area contributed by atoms with Crippen LogP contribution in [-0.2, 0) is 7.05 Å². The first-order valence-corrected chi connectivity index (χ1v) is 6.18. The lowest BCUT2D eigenvalue weighted by molar-refractivity contribution is -0.391. The van der Waals surface area contributed by atoms with Crippen molar-refractivity contribution < 1.29 is 9.72 Å². The second-order valence-electron chi connectivity index (χ2n) is 4.38. The van der Waals surface area contributed by atoms with E-state index in [1.165, 1.54) is 23.7 Å². The summed E-state index contributed by atoms with van der Waals surface area (Å²) in [4.78, 5) is 24.1. The molecule has 7 heteroatoms. The number of nitrogens with zero attached hydrogens (tertiary/aromatic N) is 3. The number of nitro groups is 1. The number of amides is 1. The number of rotatable bonds is 2. The molecular formula is C11H14ClN3O3. The van der Waals surface area contributed by atoms with Gasteiger partial charge < -0.3 is 15.0 Å². The maximum Gasteiger partial charge on any atom is 0.323 e. The Labute approximate surface area is 109 Å². The van der Waals surface area contributed by atoms with Crippen LogP contribution in [0, 0.1) is 10.1 Å². The van der Waals surface area contributed by atoms with E-state index in [1.54, 1.807) is 4.90 Å². The fourth-order valence-electron chi connectivity index (χ4n) is 2.17. The van der Waals surface area contributed by atoms with Crippen LogP contribution >= 0.6 is 11.6 Å². The Hall–Kier alpha value is -1.56. The van der Waals surface area contributed by atoms with Crippen LogP contribution < -0.4 is 0 Å². The average Bonchev–Trinajstić information content (AvgIpc) is 2.70. The molecule has 6 nitrogen and oxygen atoms in total. The number of hydrogen-bond donors (Lipinski definition) is 0. The van der Waals surface area contributed by atoms with E-state index >= 15 is 0 Å². The van der Waals surface area contributed by atoms with Gasteiger partial charge in [-0.1, -0.05) is 0 Å². The minimum Gasteiger partial charge on any atom is -0.358 e. The van der Waals surface area contributed by atoms with Crippen LogP contribution in [0.2, 0.25) is 0 Å². The quantitative estimate of drug-likeness (QED) is 0.468. The highest BCUT2D eigenvalue weighted by molar-refractivity contribution is 6.21. The summed E-state index contributed by atoms with van der Waals surface area (Å²) in [6.45, 7) is 1.15. The molecule has 1 aromatic rings. The first-order chi connectivity index (χ1) is 8.50. The van der Waals surface area contributed by atoms with Gasteiger partial charge in [0.15, 0.2) is 5.69 Å². The lowest BCUT2D eigenvalue weighted by Gasteiger charge is -2.29. The van der Waals surface area contributed by atoms with Crippen LogP contribution in [-0.4, -0.2) is 38.8 Å². The van der Waals surface area contributed by atoms with Crippen LogP contribution in [0.5, 0.6) is 0 Å². The normalized spacial score (nSPS) is 19.9. The number of aromatic nitrogens is 1. The van der Waals surface area contributed by atoms with Gasteiger partial charge >= 0.3 is 5.82 Å². The minimum absolute atomic E-state index is 0.0297. The summed E-state index contributed by atoms with van der Waals surface area (Å²) in [6, 6.07) is 2.83. The molecule has 1 aliphatic heterocycles. The fourth-order valence-corrected chi connectivity index (χ4v) is 2.49. The molecule has 1 saturated heterocycles. The SMILES string of the molecule is Cn1c(C(=O)N2CCCC(Cl)C2)ccc1[N+](=O)[O-]. The van der Waals surface area contributed by atoms with Gasteiger partial charge in [-0.25, -0.2) is 4.57 Å². The van der Waals surface area contributed by atoms with Crippen LogP contribution in [0.25, 0.3) is 0 Å². The molecule has 0 N–H and O–H groups in total. The summed E-state index contributed by atoms with van der Waals surface area (Å²) in [7, 11) is 1.52. The van der Waals surface area contributed by atoms with E-state index in [0.717, 1.165) is 12.8 Å². The summed E-state index contributed by atoms with van der Waals surface area (Å²) in [5.41, 5.74) is 0.326. The molecule has 0 aliphatic carbocycles. The molecule has 0 saturated carbocycles. The molecule has 98 valence electrons. The molecule has 2 rings (SSSR count). The van der Waals surface area contributed by atoms with Gasteiger partial charge in [-0.3, -0.25) is 4.79 Å². The van der Waals surface area contributed by atoms with Crippen molar-refractivity contribution in [1.82, 2.24) is 9.47 Å². The summed E-state index contributed by atoms with van der Waals surface area (Å²) in [6.07, 6.45) is 1.77.